The highest BCUT2D eigenvalue weighted by molar-refractivity contribution is 9.10. The van der Waals surface area contributed by atoms with Crippen molar-refractivity contribution in [3.63, 3.8) is 0 Å². The Kier molecular flexibility index (Phi) is 3.13. The predicted molar refractivity (Wildman–Crippen MR) is 54.2 cm³/mol. The Balaban J connectivity index is 3.15. The maximum absolute atomic E-state index is 6.86. The maximum Gasteiger partial charge on any atom is 0.247 e. The van der Waals surface area contributed by atoms with Crippen molar-refractivity contribution in [2.24, 2.45) is 0 Å². The van der Waals surface area contributed by atoms with Gasteiger partial charge in [0.1, 0.15) is 0 Å². The Labute approximate surface area is 85.3 Å². The van der Waals surface area contributed by atoms with E-state index in [0.29, 0.717) is 5.02 Å². The first-order valence-corrected chi connectivity index (χ1v) is 4.63. The summed E-state index contributed by atoms with van der Waals surface area (Å²) >= 11 is 9.24. The average Bonchev–Trinajstić information content (AvgIpc) is 2.08. The van der Waals surface area contributed by atoms with Crippen LogP contribution >= 0.6 is 27.5 Å². The van der Waals surface area contributed by atoms with Gasteiger partial charge >= 0.3 is 0 Å². The van der Waals surface area contributed by atoms with Gasteiger partial charge in [0.25, 0.3) is 0 Å². The van der Waals surface area contributed by atoms with E-state index in [1.807, 2.05) is 19.1 Å². The number of hydrogen-bond acceptors (Lipinski definition) is 0. The summed E-state index contributed by atoms with van der Waals surface area (Å²) in [4.78, 5) is 3.41. The van der Waals surface area contributed by atoms with Crippen LogP contribution in [0, 0.1) is 6.57 Å². The Morgan fingerprint density at radius 3 is 2.83 bits per heavy atom. The lowest BCUT2D eigenvalue weighted by molar-refractivity contribution is 0.960. The van der Waals surface area contributed by atoms with Gasteiger partial charge in [-0.1, -0.05) is 27.5 Å². The van der Waals surface area contributed by atoms with Crippen molar-refractivity contribution in [3.8, 4) is 0 Å². The quantitative estimate of drug-likeness (QED) is 0.656. The minimum absolute atomic E-state index is 0.171. The van der Waals surface area contributed by atoms with Crippen LogP contribution in [0.3, 0.4) is 0 Å². The fourth-order valence-corrected chi connectivity index (χ4v) is 1.56. The van der Waals surface area contributed by atoms with Gasteiger partial charge in [0.15, 0.2) is 0 Å². The van der Waals surface area contributed by atoms with E-state index in [1.54, 1.807) is 6.07 Å². The second-order valence-corrected chi connectivity index (χ2v) is 3.79. The fraction of sp³-hybridized carbons (Fsp3) is 0.222. The van der Waals surface area contributed by atoms with Crippen LogP contribution in [0.5, 0.6) is 0 Å². The van der Waals surface area contributed by atoms with E-state index in [9.17, 15) is 0 Å². The molecule has 12 heavy (non-hydrogen) atoms. The molecule has 0 bridgehead atoms. The largest absolute Gasteiger partial charge is 0.309 e. The van der Waals surface area contributed by atoms with E-state index in [-0.39, 0.29) is 6.04 Å². The molecule has 1 atom stereocenters. The van der Waals surface area contributed by atoms with E-state index < -0.39 is 0 Å². The smallest absolute Gasteiger partial charge is 0.247 e. The molecule has 0 saturated carbocycles. The van der Waals surface area contributed by atoms with E-state index >= 15 is 0 Å². The van der Waals surface area contributed by atoms with Gasteiger partial charge in [0.2, 0.25) is 6.04 Å². The van der Waals surface area contributed by atoms with Crippen molar-refractivity contribution < 1.29 is 0 Å². The second kappa shape index (κ2) is 3.93. The predicted octanol–water partition coefficient (Wildman–Crippen LogP) is 4.08. The van der Waals surface area contributed by atoms with Crippen molar-refractivity contribution in [1.29, 1.82) is 0 Å². The fourth-order valence-electron chi connectivity index (χ4n) is 0.904. The molecule has 0 spiro atoms. The molecule has 1 rings (SSSR count). The Bertz CT molecular complexity index is 330. The third-order valence-electron chi connectivity index (χ3n) is 1.60. The highest BCUT2D eigenvalue weighted by atomic mass is 79.9. The van der Waals surface area contributed by atoms with Gasteiger partial charge in [-0.15, -0.1) is 0 Å². The molecule has 0 aromatic heterocycles. The van der Waals surface area contributed by atoms with Gasteiger partial charge in [-0.05, 0) is 18.2 Å². The number of hydrogen-bond donors (Lipinski definition) is 0. The van der Waals surface area contributed by atoms with Gasteiger partial charge < -0.3 is 4.85 Å². The van der Waals surface area contributed by atoms with E-state index in [1.165, 1.54) is 0 Å². The maximum atomic E-state index is 6.86. The zero-order valence-corrected chi connectivity index (χ0v) is 8.85. The molecular weight excluding hydrogens is 237 g/mol. The summed E-state index contributed by atoms with van der Waals surface area (Å²) in [6.45, 7) is 8.70. The molecule has 0 N–H and O–H groups in total. The van der Waals surface area contributed by atoms with Gasteiger partial charge in [-0.25, -0.2) is 6.57 Å². The molecule has 0 heterocycles. The lowest BCUT2D eigenvalue weighted by Crippen LogP contribution is -1.87. The molecule has 0 aliphatic rings. The molecule has 1 aromatic rings. The first-order chi connectivity index (χ1) is 5.65. The van der Waals surface area contributed by atoms with Crippen LogP contribution in [0.15, 0.2) is 22.7 Å². The monoisotopic (exact) mass is 243 g/mol. The zero-order valence-electron chi connectivity index (χ0n) is 6.51. The van der Waals surface area contributed by atoms with Crippen LogP contribution in [-0.2, 0) is 0 Å². The Morgan fingerprint density at radius 1 is 1.58 bits per heavy atom. The molecule has 0 amide bonds. The summed E-state index contributed by atoms with van der Waals surface area (Å²) in [5, 5.41) is 0.654. The molecule has 0 saturated heterocycles. The summed E-state index contributed by atoms with van der Waals surface area (Å²) in [6, 6.07) is 5.37. The van der Waals surface area contributed by atoms with Crippen molar-refractivity contribution in [2.45, 2.75) is 13.0 Å². The lowest BCUT2D eigenvalue weighted by atomic mass is 10.1. The van der Waals surface area contributed by atoms with Crippen LogP contribution in [0.4, 0.5) is 0 Å². The number of halogens is 2. The molecule has 0 aliphatic heterocycles. The Hall–Kier alpha value is -0.520. The normalized spacial score (nSPS) is 12.2. The SMILES string of the molecule is [C-]#[N+]C(C)c1cc(Br)ccc1Cl. The summed E-state index contributed by atoms with van der Waals surface area (Å²) in [7, 11) is 0. The van der Waals surface area contributed by atoms with Crippen LogP contribution in [0.25, 0.3) is 4.85 Å². The zero-order chi connectivity index (χ0) is 9.14. The molecule has 0 aliphatic carbocycles. The lowest BCUT2D eigenvalue weighted by Gasteiger charge is -2.02. The van der Waals surface area contributed by atoms with Crippen LogP contribution in [0.2, 0.25) is 5.02 Å². The third-order valence-corrected chi connectivity index (χ3v) is 2.44. The van der Waals surface area contributed by atoms with Crippen LogP contribution in [-0.4, -0.2) is 0 Å². The molecule has 1 unspecified atom stereocenters. The summed E-state index contributed by atoms with van der Waals surface area (Å²) < 4.78 is 0.956. The van der Waals surface area contributed by atoms with Crippen LogP contribution < -0.4 is 0 Å². The Morgan fingerprint density at radius 2 is 2.25 bits per heavy atom. The third kappa shape index (κ3) is 2.00. The summed E-state index contributed by atoms with van der Waals surface area (Å²) in [5.74, 6) is 0. The standard InChI is InChI=1S/C9H7BrClN/c1-6(12-2)8-5-7(10)3-4-9(8)11/h3-6H,1H3. The molecule has 1 nitrogen and oxygen atoms in total. The van der Waals surface area contributed by atoms with Crippen LogP contribution in [0.1, 0.15) is 18.5 Å². The van der Waals surface area contributed by atoms with Crippen molar-refractivity contribution in [3.05, 3.63) is 44.7 Å². The topological polar surface area (TPSA) is 4.36 Å². The van der Waals surface area contributed by atoms with Crippen molar-refractivity contribution >= 4 is 27.5 Å². The second-order valence-electron chi connectivity index (χ2n) is 2.47. The molecule has 62 valence electrons. The van der Waals surface area contributed by atoms with E-state index in [2.05, 4.69) is 20.8 Å². The van der Waals surface area contributed by atoms with E-state index in [4.69, 9.17) is 18.2 Å². The summed E-state index contributed by atoms with van der Waals surface area (Å²) in [5.41, 5.74) is 0.876. The molecule has 0 radical (unpaired) electrons. The minimum atomic E-state index is -0.171. The molecule has 3 heteroatoms. The first-order valence-electron chi connectivity index (χ1n) is 3.46. The number of benzene rings is 1. The summed E-state index contributed by atoms with van der Waals surface area (Å²) in [6.07, 6.45) is 0. The number of rotatable bonds is 1. The van der Waals surface area contributed by atoms with Gasteiger partial charge in [0, 0.05) is 11.4 Å². The van der Waals surface area contributed by atoms with Gasteiger partial charge in [-0.2, -0.15) is 0 Å². The highest BCUT2D eigenvalue weighted by Gasteiger charge is 2.12. The van der Waals surface area contributed by atoms with Gasteiger partial charge in [-0.3, -0.25) is 0 Å². The van der Waals surface area contributed by atoms with E-state index in [0.717, 1.165) is 10.0 Å². The molecule has 0 fully saturated rings. The highest BCUT2D eigenvalue weighted by Crippen LogP contribution is 2.28. The van der Waals surface area contributed by atoms with Crippen molar-refractivity contribution in [2.75, 3.05) is 0 Å². The van der Waals surface area contributed by atoms with Crippen molar-refractivity contribution in [1.82, 2.24) is 0 Å². The molecular formula is C9H7BrClN. The molecule has 1 aromatic carbocycles. The van der Waals surface area contributed by atoms with Gasteiger partial charge in [0.05, 0.1) is 10.6 Å². The minimum Gasteiger partial charge on any atom is -0.309 e. The number of nitrogens with zero attached hydrogens (tertiary/aromatic N) is 1. The first kappa shape index (κ1) is 9.57. The average molecular weight is 245 g/mol.